The zero-order chi connectivity index (χ0) is 45.0. The van der Waals surface area contributed by atoms with Crippen molar-refractivity contribution in [1.82, 2.24) is 24.1 Å². The lowest BCUT2D eigenvalue weighted by molar-refractivity contribution is 1.06. The largest absolute Gasteiger partial charge is 0.308 e. The molecule has 0 amide bonds. The third kappa shape index (κ3) is 6.68. The second kappa shape index (κ2) is 16.4. The molecule has 0 aliphatic carbocycles. The summed E-state index contributed by atoms with van der Waals surface area (Å²) in [4.78, 5) is 16.2. The average Bonchev–Trinajstić information content (AvgIpc) is 3.93. The van der Waals surface area contributed by atoms with Gasteiger partial charge in [0, 0.05) is 38.4 Å². The predicted octanol–water partition coefficient (Wildman–Crippen LogP) is 16.1. The number of benzene rings is 10. The maximum atomic E-state index is 5.51. The summed E-state index contributed by atoms with van der Waals surface area (Å²) in [5, 5.41) is 4.56. The SMILES string of the molecule is c1ccc(-c2ccc3c(c2)c2cc(-c4ccccc4)ccc2n3-c2ccc3c4cc(-c5ccccc5)ccc4n(-c4ccccc4)c3c2-c2nc(-c3ccccc3)nc(-c3ccccc3)n2)cc1. The van der Waals surface area contributed by atoms with Crippen molar-refractivity contribution in [3.63, 3.8) is 0 Å². The van der Waals surface area contributed by atoms with E-state index in [0.717, 1.165) is 88.4 Å². The van der Waals surface area contributed by atoms with E-state index in [1.165, 1.54) is 16.7 Å². The molecule has 0 saturated heterocycles. The Morgan fingerprint density at radius 2 is 0.603 bits per heavy atom. The van der Waals surface area contributed by atoms with E-state index in [0.29, 0.717) is 17.5 Å². The van der Waals surface area contributed by atoms with E-state index in [1.54, 1.807) is 0 Å². The molecular weight excluding hydrogens is 827 g/mol. The van der Waals surface area contributed by atoms with Crippen LogP contribution in [0.4, 0.5) is 0 Å². The van der Waals surface area contributed by atoms with Crippen LogP contribution < -0.4 is 0 Å². The van der Waals surface area contributed by atoms with Crippen molar-refractivity contribution in [3.8, 4) is 78.9 Å². The Hall–Kier alpha value is -9.19. The zero-order valence-corrected chi connectivity index (χ0v) is 36.9. The summed E-state index contributed by atoms with van der Waals surface area (Å²) >= 11 is 0. The Bertz CT molecular complexity index is 3820. The van der Waals surface area contributed by atoms with Crippen molar-refractivity contribution in [2.45, 2.75) is 0 Å². The fourth-order valence-corrected chi connectivity index (χ4v) is 9.98. The van der Waals surface area contributed by atoms with E-state index in [4.69, 9.17) is 15.0 Å². The van der Waals surface area contributed by atoms with Crippen molar-refractivity contribution < 1.29 is 0 Å². The number of hydrogen-bond acceptors (Lipinski definition) is 3. The van der Waals surface area contributed by atoms with Gasteiger partial charge < -0.3 is 9.13 Å². The summed E-state index contributed by atoms with van der Waals surface area (Å²) in [6, 6.07) is 88.3. The summed E-state index contributed by atoms with van der Waals surface area (Å²) in [7, 11) is 0. The van der Waals surface area contributed by atoms with Gasteiger partial charge in [0.1, 0.15) is 0 Å². The number of fused-ring (bicyclic) bond motifs is 6. The molecule has 3 heterocycles. The van der Waals surface area contributed by atoms with Gasteiger partial charge in [-0.2, -0.15) is 0 Å². The highest BCUT2D eigenvalue weighted by Gasteiger charge is 2.26. The normalized spacial score (nSPS) is 11.5. The number of rotatable bonds is 8. The number of para-hydroxylation sites is 1. The molecule has 0 radical (unpaired) electrons. The van der Waals surface area contributed by atoms with E-state index in [-0.39, 0.29) is 0 Å². The van der Waals surface area contributed by atoms with Crippen LogP contribution in [0, 0.1) is 0 Å². The second-order valence-electron chi connectivity index (χ2n) is 17.2. The Labute approximate surface area is 393 Å². The highest BCUT2D eigenvalue weighted by molar-refractivity contribution is 6.17. The predicted molar refractivity (Wildman–Crippen MR) is 281 cm³/mol. The first-order valence-electron chi connectivity index (χ1n) is 23.0. The molecule has 0 spiro atoms. The van der Waals surface area contributed by atoms with Crippen LogP contribution in [0.5, 0.6) is 0 Å². The fourth-order valence-electron chi connectivity index (χ4n) is 9.98. The third-order valence-electron chi connectivity index (χ3n) is 13.2. The maximum absolute atomic E-state index is 5.51. The number of aromatic nitrogens is 5. The molecule has 13 aromatic rings. The lowest BCUT2D eigenvalue weighted by atomic mass is 10.0. The van der Waals surface area contributed by atoms with Crippen LogP contribution in [0.25, 0.3) is 123 Å². The van der Waals surface area contributed by atoms with Gasteiger partial charge in [0.15, 0.2) is 17.5 Å². The minimum absolute atomic E-state index is 0.582. The van der Waals surface area contributed by atoms with Crippen LogP contribution in [0.2, 0.25) is 0 Å². The molecule has 5 nitrogen and oxygen atoms in total. The summed E-state index contributed by atoms with van der Waals surface area (Å²) in [6.07, 6.45) is 0. The van der Waals surface area contributed by atoms with Gasteiger partial charge in [-0.1, -0.05) is 194 Å². The summed E-state index contributed by atoms with van der Waals surface area (Å²) in [5.74, 6) is 1.79. The Morgan fingerprint density at radius 3 is 1.03 bits per heavy atom. The highest BCUT2D eigenvalue weighted by Crippen LogP contribution is 2.45. The molecule has 13 rings (SSSR count). The molecule has 68 heavy (non-hydrogen) atoms. The monoisotopic (exact) mass is 867 g/mol. The second-order valence-corrected chi connectivity index (χ2v) is 17.2. The van der Waals surface area contributed by atoms with Gasteiger partial charge in [-0.15, -0.1) is 0 Å². The Kier molecular flexibility index (Phi) is 9.43. The Morgan fingerprint density at radius 1 is 0.250 bits per heavy atom. The Balaban J connectivity index is 1.20. The van der Waals surface area contributed by atoms with E-state index in [2.05, 4.69) is 221 Å². The summed E-state index contributed by atoms with van der Waals surface area (Å²) in [5.41, 5.74) is 16.0. The molecule has 0 unspecified atom stereocenters. The molecule has 3 aromatic heterocycles. The van der Waals surface area contributed by atoms with Crippen LogP contribution >= 0.6 is 0 Å². The summed E-state index contributed by atoms with van der Waals surface area (Å²) < 4.78 is 4.83. The third-order valence-corrected chi connectivity index (χ3v) is 13.2. The topological polar surface area (TPSA) is 48.5 Å². The molecule has 0 bridgehead atoms. The smallest absolute Gasteiger partial charge is 0.168 e. The first kappa shape index (κ1) is 39.2. The lowest BCUT2D eigenvalue weighted by Crippen LogP contribution is -2.06. The van der Waals surface area contributed by atoms with Crippen LogP contribution in [0.15, 0.2) is 249 Å². The highest BCUT2D eigenvalue weighted by atomic mass is 15.1. The molecular formula is C63H41N5. The van der Waals surface area contributed by atoms with Gasteiger partial charge in [-0.25, -0.2) is 15.0 Å². The fraction of sp³-hybridized carbons (Fsp3) is 0. The molecule has 0 N–H and O–H groups in total. The van der Waals surface area contributed by atoms with Gasteiger partial charge in [-0.05, 0) is 88.0 Å². The maximum Gasteiger partial charge on any atom is 0.168 e. The van der Waals surface area contributed by atoms with E-state index < -0.39 is 0 Å². The molecule has 0 saturated carbocycles. The molecule has 318 valence electrons. The minimum Gasteiger partial charge on any atom is -0.308 e. The summed E-state index contributed by atoms with van der Waals surface area (Å²) in [6.45, 7) is 0. The van der Waals surface area contributed by atoms with E-state index >= 15 is 0 Å². The number of hydrogen-bond donors (Lipinski definition) is 0. The van der Waals surface area contributed by atoms with Crippen molar-refractivity contribution >= 4 is 43.6 Å². The van der Waals surface area contributed by atoms with Crippen molar-refractivity contribution in [3.05, 3.63) is 249 Å². The molecule has 0 atom stereocenters. The molecule has 5 heteroatoms. The van der Waals surface area contributed by atoms with Crippen LogP contribution in [-0.4, -0.2) is 24.1 Å². The van der Waals surface area contributed by atoms with Gasteiger partial charge in [-0.3, -0.25) is 0 Å². The van der Waals surface area contributed by atoms with E-state index in [1.807, 2.05) is 36.4 Å². The van der Waals surface area contributed by atoms with Gasteiger partial charge >= 0.3 is 0 Å². The van der Waals surface area contributed by atoms with Gasteiger partial charge in [0.05, 0.1) is 33.3 Å². The van der Waals surface area contributed by atoms with Crippen LogP contribution in [-0.2, 0) is 0 Å². The van der Waals surface area contributed by atoms with Crippen molar-refractivity contribution in [1.29, 1.82) is 0 Å². The van der Waals surface area contributed by atoms with Gasteiger partial charge in [0.25, 0.3) is 0 Å². The molecule has 10 aromatic carbocycles. The number of nitrogens with zero attached hydrogens (tertiary/aromatic N) is 5. The average molecular weight is 868 g/mol. The first-order valence-corrected chi connectivity index (χ1v) is 23.0. The lowest BCUT2D eigenvalue weighted by Gasteiger charge is -2.18. The molecule has 0 fully saturated rings. The molecule has 0 aliphatic rings. The van der Waals surface area contributed by atoms with Crippen molar-refractivity contribution in [2.75, 3.05) is 0 Å². The molecule has 0 aliphatic heterocycles. The standard InChI is InChI=1S/C63H41N5/c1-7-19-42(20-8-1)47-31-35-55-52(39-47)51-34-38-58(68-56-36-32-48(43-21-9-2-10-22-43)40-53(56)54-41-49(33-37-57(54)68)44-23-11-3-12-24-44)59(60(51)67(55)50-29-17-6-18-30-50)63-65-61(45-25-13-4-14-26-45)64-62(66-63)46-27-15-5-16-28-46/h1-41H. The van der Waals surface area contributed by atoms with Gasteiger partial charge in [0.2, 0.25) is 0 Å². The quantitative estimate of drug-likeness (QED) is 0.153. The minimum atomic E-state index is 0.582. The van der Waals surface area contributed by atoms with Crippen molar-refractivity contribution in [2.24, 2.45) is 0 Å². The zero-order valence-electron chi connectivity index (χ0n) is 36.9. The van der Waals surface area contributed by atoms with Crippen LogP contribution in [0.1, 0.15) is 0 Å². The van der Waals surface area contributed by atoms with Crippen LogP contribution in [0.3, 0.4) is 0 Å². The van der Waals surface area contributed by atoms with E-state index in [9.17, 15) is 0 Å². The first-order chi connectivity index (χ1) is 33.7.